The van der Waals surface area contributed by atoms with Gasteiger partial charge in [-0.25, -0.2) is 0 Å². The quantitative estimate of drug-likeness (QED) is 0.633. The van der Waals surface area contributed by atoms with E-state index in [0.29, 0.717) is 24.3 Å². The Bertz CT molecular complexity index is 174. The molecule has 1 aliphatic heterocycles. The van der Waals surface area contributed by atoms with Crippen molar-refractivity contribution in [2.75, 3.05) is 6.61 Å². The van der Waals surface area contributed by atoms with Crippen LogP contribution in [0.3, 0.4) is 0 Å². The van der Waals surface area contributed by atoms with Gasteiger partial charge in [0.1, 0.15) is 0 Å². The zero-order valence-corrected chi connectivity index (χ0v) is 9.37. The molecular weight excluding hydrogens is 163 g/mol. The van der Waals surface area contributed by atoms with E-state index in [1.165, 1.54) is 0 Å². The molecule has 0 aliphatic carbocycles. The van der Waals surface area contributed by atoms with Crippen molar-refractivity contribution in [1.82, 2.24) is 0 Å². The van der Waals surface area contributed by atoms with E-state index in [1.54, 1.807) is 0 Å². The maximum absolute atomic E-state index is 9.67. The zero-order chi connectivity index (χ0) is 10.2. The molecule has 1 saturated heterocycles. The Labute approximate surface area is 81.8 Å². The van der Waals surface area contributed by atoms with E-state index in [0.717, 1.165) is 0 Å². The summed E-state index contributed by atoms with van der Waals surface area (Å²) in [5, 5.41) is 9.67. The minimum Gasteiger partial charge on any atom is -0.427 e. The Morgan fingerprint density at radius 1 is 1.38 bits per heavy atom. The SMILES string of the molecule is CC(C)C1B(O)OCC1C(C)(C)C. The Kier molecular flexibility index (Phi) is 3.08. The van der Waals surface area contributed by atoms with Crippen LogP contribution in [0.5, 0.6) is 0 Å². The van der Waals surface area contributed by atoms with Gasteiger partial charge in [0, 0.05) is 12.4 Å². The van der Waals surface area contributed by atoms with Crippen LogP contribution in [-0.2, 0) is 4.65 Å². The van der Waals surface area contributed by atoms with Gasteiger partial charge in [-0.05, 0) is 17.3 Å². The zero-order valence-electron chi connectivity index (χ0n) is 9.37. The summed E-state index contributed by atoms with van der Waals surface area (Å²) in [7, 11) is -0.552. The van der Waals surface area contributed by atoms with Crippen LogP contribution in [-0.4, -0.2) is 18.7 Å². The van der Waals surface area contributed by atoms with Gasteiger partial charge in [0.05, 0.1) is 0 Å². The average Bonchev–Trinajstić information content (AvgIpc) is 2.28. The third-order valence-corrected chi connectivity index (χ3v) is 3.12. The molecule has 2 nitrogen and oxygen atoms in total. The van der Waals surface area contributed by atoms with Gasteiger partial charge in [-0.2, -0.15) is 0 Å². The molecule has 0 bridgehead atoms. The van der Waals surface area contributed by atoms with E-state index >= 15 is 0 Å². The predicted octanol–water partition coefficient (Wildman–Crippen LogP) is 2.19. The Hall–Kier alpha value is -0.0151. The molecule has 0 aromatic carbocycles. The summed E-state index contributed by atoms with van der Waals surface area (Å²) >= 11 is 0. The van der Waals surface area contributed by atoms with Crippen molar-refractivity contribution in [2.45, 2.75) is 40.4 Å². The van der Waals surface area contributed by atoms with Gasteiger partial charge in [-0.1, -0.05) is 34.6 Å². The van der Waals surface area contributed by atoms with Gasteiger partial charge in [0.25, 0.3) is 0 Å². The molecule has 1 heterocycles. The molecular formula is C10H21BO2. The molecule has 0 aromatic heterocycles. The molecule has 2 unspecified atom stereocenters. The molecule has 0 saturated carbocycles. The monoisotopic (exact) mass is 184 g/mol. The Morgan fingerprint density at radius 3 is 2.23 bits per heavy atom. The van der Waals surface area contributed by atoms with Crippen LogP contribution in [0.15, 0.2) is 0 Å². The van der Waals surface area contributed by atoms with Crippen LogP contribution in [0.1, 0.15) is 34.6 Å². The molecule has 76 valence electrons. The molecule has 0 radical (unpaired) electrons. The van der Waals surface area contributed by atoms with Crippen LogP contribution < -0.4 is 0 Å². The summed E-state index contributed by atoms with van der Waals surface area (Å²) in [6.07, 6.45) is 0. The Morgan fingerprint density at radius 2 is 1.92 bits per heavy atom. The summed E-state index contributed by atoms with van der Waals surface area (Å²) in [6, 6.07) is 0. The highest BCUT2D eigenvalue weighted by Gasteiger charge is 2.47. The largest absolute Gasteiger partial charge is 0.458 e. The minimum absolute atomic E-state index is 0.229. The van der Waals surface area contributed by atoms with Crippen LogP contribution in [0, 0.1) is 17.3 Å². The lowest BCUT2D eigenvalue weighted by Gasteiger charge is -2.32. The van der Waals surface area contributed by atoms with E-state index in [4.69, 9.17) is 4.65 Å². The summed E-state index contributed by atoms with van der Waals surface area (Å²) in [4.78, 5) is 0. The molecule has 1 rings (SSSR count). The van der Waals surface area contributed by atoms with Gasteiger partial charge in [0.2, 0.25) is 0 Å². The fourth-order valence-corrected chi connectivity index (χ4v) is 2.24. The van der Waals surface area contributed by atoms with Gasteiger partial charge < -0.3 is 9.68 Å². The molecule has 0 aromatic rings. The van der Waals surface area contributed by atoms with Crippen molar-refractivity contribution in [2.24, 2.45) is 17.3 Å². The van der Waals surface area contributed by atoms with E-state index in [9.17, 15) is 5.02 Å². The predicted molar refractivity (Wildman–Crippen MR) is 55.5 cm³/mol. The summed E-state index contributed by atoms with van der Waals surface area (Å²) < 4.78 is 5.32. The normalized spacial score (nSPS) is 30.2. The van der Waals surface area contributed by atoms with Crippen LogP contribution in [0.2, 0.25) is 5.82 Å². The first-order valence-electron chi connectivity index (χ1n) is 5.13. The molecule has 1 N–H and O–H groups in total. The van der Waals surface area contributed by atoms with E-state index in [1.807, 2.05) is 0 Å². The van der Waals surface area contributed by atoms with Crippen LogP contribution in [0.25, 0.3) is 0 Å². The number of hydrogen-bond donors (Lipinski definition) is 1. The molecule has 13 heavy (non-hydrogen) atoms. The van der Waals surface area contributed by atoms with Gasteiger partial charge in [-0.15, -0.1) is 0 Å². The van der Waals surface area contributed by atoms with Gasteiger partial charge >= 0.3 is 7.12 Å². The summed E-state index contributed by atoms with van der Waals surface area (Å²) in [5.74, 6) is 1.25. The molecule has 1 aliphatic rings. The number of hydrogen-bond acceptors (Lipinski definition) is 2. The van der Waals surface area contributed by atoms with Crippen molar-refractivity contribution in [1.29, 1.82) is 0 Å². The van der Waals surface area contributed by atoms with Crippen molar-refractivity contribution in [3.05, 3.63) is 0 Å². The van der Waals surface area contributed by atoms with Crippen molar-refractivity contribution < 1.29 is 9.68 Å². The standard InChI is InChI=1S/C10H21BO2/c1-7(2)9-8(10(3,4)5)6-13-11(9)12/h7-9,12H,6H2,1-5H3. The smallest absolute Gasteiger partial charge is 0.427 e. The van der Waals surface area contributed by atoms with E-state index in [2.05, 4.69) is 34.6 Å². The topological polar surface area (TPSA) is 29.5 Å². The maximum Gasteiger partial charge on any atom is 0.458 e. The van der Waals surface area contributed by atoms with Crippen LogP contribution in [0.4, 0.5) is 0 Å². The average molecular weight is 184 g/mol. The first-order chi connectivity index (χ1) is 5.84. The van der Waals surface area contributed by atoms with Crippen molar-refractivity contribution in [3.63, 3.8) is 0 Å². The highest BCUT2D eigenvalue weighted by Crippen LogP contribution is 2.45. The van der Waals surface area contributed by atoms with Crippen LogP contribution >= 0.6 is 0 Å². The molecule has 0 amide bonds. The second-order valence-electron chi connectivity index (χ2n) is 5.52. The summed E-state index contributed by atoms with van der Waals surface area (Å²) in [6.45, 7) is 11.7. The fraction of sp³-hybridized carbons (Fsp3) is 1.00. The number of rotatable bonds is 1. The molecule has 0 spiro atoms. The molecule has 1 fully saturated rings. The lowest BCUT2D eigenvalue weighted by Crippen LogP contribution is -2.30. The second-order valence-corrected chi connectivity index (χ2v) is 5.52. The van der Waals surface area contributed by atoms with Gasteiger partial charge in [0.15, 0.2) is 0 Å². The lowest BCUT2D eigenvalue weighted by molar-refractivity contribution is 0.170. The lowest BCUT2D eigenvalue weighted by atomic mass is 9.57. The fourth-order valence-electron chi connectivity index (χ4n) is 2.24. The van der Waals surface area contributed by atoms with Gasteiger partial charge in [-0.3, -0.25) is 0 Å². The minimum atomic E-state index is -0.552. The maximum atomic E-state index is 9.67. The second kappa shape index (κ2) is 3.62. The first kappa shape index (κ1) is 11.1. The Balaban J connectivity index is 2.76. The van der Waals surface area contributed by atoms with E-state index < -0.39 is 7.12 Å². The van der Waals surface area contributed by atoms with E-state index in [-0.39, 0.29) is 5.41 Å². The molecule has 2 atom stereocenters. The van der Waals surface area contributed by atoms with Crippen molar-refractivity contribution in [3.8, 4) is 0 Å². The summed E-state index contributed by atoms with van der Waals surface area (Å²) in [5.41, 5.74) is 0.229. The third kappa shape index (κ3) is 2.26. The van der Waals surface area contributed by atoms with Crippen molar-refractivity contribution >= 4 is 7.12 Å². The highest BCUT2D eigenvalue weighted by atomic mass is 16.5. The first-order valence-corrected chi connectivity index (χ1v) is 5.13. The highest BCUT2D eigenvalue weighted by molar-refractivity contribution is 6.45. The third-order valence-electron chi connectivity index (χ3n) is 3.12. The molecule has 3 heteroatoms.